The van der Waals surface area contributed by atoms with Crippen molar-refractivity contribution in [3.8, 4) is 11.5 Å². The van der Waals surface area contributed by atoms with Crippen LogP contribution in [0.2, 0.25) is 0 Å². The summed E-state index contributed by atoms with van der Waals surface area (Å²) in [7, 11) is 3.02. The second-order valence-corrected chi connectivity index (χ2v) is 8.01. The number of hydrogen-bond acceptors (Lipinski definition) is 6. The number of allylic oxidation sites excluding steroid dienone is 1. The van der Waals surface area contributed by atoms with Crippen LogP contribution in [0.15, 0.2) is 47.7 Å². The molecule has 1 aliphatic heterocycles. The van der Waals surface area contributed by atoms with Crippen molar-refractivity contribution in [2.24, 2.45) is 0 Å². The third-order valence-electron chi connectivity index (χ3n) is 5.23. The average molecular weight is 457 g/mol. The van der Waals surface area contributed by atoms with E-state index in [1.165, 1.54) is 7.11 Å². The second kappa shape index (κ2) is 10.0. The first-order valence-corrected chi connectivity index (χ1v) is 10.6. The zero-order valence-electron chi connectivity index (χ0n) is 18.9. The number of methoxy groups -OCH3 is 2. The number of nitrogens with one attached hydrogen (secondary N) is 1. The van der Waals surface area contributed by atoms with E-state index in [1.54, 1.807) is 25.3 Å². The number of esters is 1. The fraction of sp³-hybridized carbons (Fsp3) is 0.333. The number of hydrogen-bond donors (Lipinski definition) is 2. The number of phenols is 1. The summed E-state index contributed by atoms with van der Waals surface area (Å²) < 4.78 is 15.6. The molecule has 0 saturated carbocycles. The number of carbonyl (C=O) groups is 1. The van der Waals surface area contributed by atoms with Crippen LogP contribution in [0.5, 0.6) is 11.5 Å². The molecule has 0 aromatic heterocycles. The van der Waals surface area contributed by atoms with Crippen molar-refractivity contribution >= 4 is 29.0 Å². The molecule has 0 spiro atoms. The Labute approximate surface area is 193 Å². The number of ether oxygens (including phenoxy) is 3. The Morgan fingerprint density at radius 2 is 1.78 bits per heavy atom. The number of nitrogens with zero attached hydrogens (tertiary/aromatic N) is 1. The lowest BCUT2D eigenvalue weighted by Gasteiger charge is -2.37. The van der Waals surface area contributed by atoms with E-state index in [-0.39, 0.29) is 12.4 Å². The van der Waals surface area contributed by atoms with Crippen molar-refractivity contribution in [2.75, 3.05) is 32.3 Å². The summed E-state index contributed by atoms with van der Waals surface area (Å²) in [6, 6.07) is 10.5. The number of aromatic hydroxyl groups is 1. The van der Waals surface area contributed by atoms with Crippen molar-refractivity contribution < 1.29 is 24.1 Å². The smallest absolute Gasteiger partial charge is 0.338 e. The summed E-state index contributed by atoms with van der Waals surface area (Å²) in [6.07, 6.45) is 0. The lowest BCUT2D eigenvalue weighted by atomic mass is 9.94. The van der Waals surface area contributed by atoms with Gasteiger partial charge in [-0.2, -0.15) is 0 Å². The minimum atomic E-state index is -0.600. The number of thiocarbonyl (C=S) groups is 1. The maximum atomic E-state index is 13.2. The highest BCUT2D eigenvalue weighted by molar-refractivity contribution is 7.80. The monoisotopic (exact) mass is 456 g/mol. The zero-order valence-corrected chi connectivity index (χ0v) is 19.7. The molecule has 1 aliphatic rings. The Bertz CT molecular complexity index is 1050. The van der Waals surface area contributed by atoms with Gasteiger partial charge >= 0.3 is 5.97 Å². The fourth-order valence-electron chi connectivity index (χ4n) is 3.83. The summed E-state index contributed by atoms with van der Waals surface area (Å²) in [4.78, 5) is 15.0. The van der Waals surface area contributed by atoms with Crippen LogP contribution in [0.25, 0.3) is 0 Å². The number of phenolic OH excluding ortho intramolecular Hbond substituents is 1. The molecule has 1 heterocycles. The van der Waals surface area contributed by atoms with Gasteiger partial charge in [-0.1, -0.05) is 12.1 Å². The molecule has 2 aromatic rings. The lowest BCUT2D eigenvalue weighted by molar-refractivity contribution is -0.140. The van der Waals surface area contributed by atoms with Crippen molar-refractivity contribution in [3.63, 3.8) is 0 Å². The van der Waals surface area contributed by atoms with Gasteiger partial charge in [0.15, 0.2) is 16.6 Å². The van der Waals surface area contributed by atoms with E-state index in [0.29, 0.717) is 34.3 Å². The van der Waals surface area contributed by atoms with Crippen LogP contribution in [0.3, 0.4) is 0 Å². The number of benzene rings is 2. The van der Waals surface area contributed by atoms with Crippen molar-refractivity contribution in [2.45, 2.75) is 26.8 Å². The summed E-state index contributed by atoms with van der Waals surface area (Å²) >= 11 is 5.70. The maximum Gasteiger partial charge on any atom is 0.338 e. The van der Waals surface area contributed by atoms with Crippen LogP contribution < -0.4 is 15.0 Å². The first-order chi connectivity index (χ1) is 15.3. The number of carbonyl (C=O) groups excluding carboxylic acids is 1. The van der Waals surface area contributed by atoms with Gasteiger partial charge < -0.3 is 24.6 Å². The summed E-state index contributed by atoms with van der Waals surface area (Å²) in [5, 5.41) is 14.0. The van der Waals surface area contributed by atoms with Crippen LogP contribution in [0.4, 0.5) is 5.69 Å². The van der Waals surface area contributed by atoms with Gasteiger partial charge in [0.25, 0.3) is 0 Å². The summed E-state index contributed by atoms with van der Waals surface area (Å²) in [5.74, 6) is -0.169. The molecule has 2 N–H and O–H groups in total. The molecule has 3 rings (SSSR count). The SMILES string of the molecule is COCCOC(=O)C1=C(C)N(c2cc(C)cc(C)c2)C(=S)NC1c1ccc(OC)c(O)c1. The number of rotatable bonds is 7. The van der Waals surface area contributed by atoms with E-state index in [9.17, 15) is 9.90 Å². The zero-order chi connectivity index (χ0) is 23.4. The molecule has 1 atom stereocenters. The predicted molar refractivity (Wildman–Crippen MR) is 127 cm³/mol. The quantitative estimate of drug-likeness (QED) is 0.369. The fourth-order valence-corrected chi connectivity index (χ4v) is 4.19. The highest BCUT2D eigenvalue weighted by Gasteiger charge is 2.36. The third kappa shape index (κ3) is 4.87. The van der Waals surface area contributed by atoms with Gasteiger partial charge in [-0.05, 0) is 73.9 Å². The highest BCUT2D eigenvalue weighted by Crippen LogP contribution is 2.37. The second-order valence-electron chi connectivity index (χ2n) is 7.62. The van der Waals surface area contributed by atoms with E-state index in [0.717, 1.165) is 16.8 Å². The van der Waals surface area contributed by atoms with Gasteiger partial charge in [0.05, 0.1) is 25.3 Å². The molecular weight excluding hydrogens is 428 g/mol. The minimum absolute atomic E-state index is 0.0285. The first kappa shape index (κ1) is 23.6. The highest BCUT2D eigenvalue weighted by atomic mass is 32.1. The molecule has 0 radical (unpaired) electrons. The average Bonchev–Trinajstić information content (AvgIpc) is 2.72. The van der Waals surface area contributed by atoms with Gasteiger partial charge in [0.2, 0.25) is 0 Å². The van der Waals surface area contributed by atoms with Crippen LogP contribution >= 0.6 is 12.2 Å². The van der Waals surface area contributed by atoms with Gasteiger partial charge in [-0.25, -0.2) is 4.79 Å². The van der Waals surface area contributed by atoms with Crippen molar-refractivity contribution in [3.05, 3.63) is 64.4 Å². The van der Waals surface area contributed by atoms with E-state index in [2.05, 4.69) is 11.4 Å². The molecule has 7 nitrogen and oxygen atoms in total. The van der Waals surface area contributed by atoms with Crippen LogP contribution in [-0.2, 0) is 14.3 Å². The minimum Gasteiger partial charge on any atom is -0.504 e. The van der Waals surface area contributed by atoms with Crippen molar-refractivity contribution in [1.29, 1.82) is 0 Å². The van der Waals surface area contributed by atoms with E-state index in [4.69, 9.17) is 26.4 Å². The largest absolute Gasteiger partial charge is 0.504 e. The molecule has 8 heteroatoms. The van der Waals surface area contributed by atoms with Crippen LogP contribution in [0, 0.1) is 13.8 Å². The molecule has 1 unspecified atom stereocenters. The molecule has 0 aliphatic carbocycles. The Balaban J connectivity index is 2.11. The Hall–Kier alpha value is -3.10. The number of anilines is 1. The molecule has 0 fully saturated rings. The Morgan fingerprint density at radius 1 is 1.09 bits per heavy atom. The summed E-state index contributed by atoms with van der Waals surface area (Å²) in [5.41, 5.74) is 4.74. The molecule has 0 bridgehead atoms. The van der Waals surface area contributed by atoms with E-state index < -0.39 is 12.0 Å². The standard InChI is InChI=1S/C24H28N2O5S/c1-14-10-15(2)12-18(11-14)26-16(3)21(23(28)31-9-8-29-4)22(25-24(26)32)17-6-7-20(30-5)19(27)13-17/h6-7,10-13,22,27H,8-9H2,1-5H3,(H,25,32). The molecule has 0 saturated heterocycles. The van der Waals surface area contributed by atoms with Gasteiger partial charge in [-0.3, -0.25) is 4.90 Å². The Kier molecular flexibility index (Phi) is 7.37. The van der Waals surface area contributed by atoms with E-state index >= 15 is 0 Å². The first-order valence-electron chi connectivity index (χ1n) is 10.2. The van der Waals surface area contributed by atoms with Crippen LogP contribution in [-0.4, -0.2) is 43.6 Å². The topological polar surface area (TPSA) is 80.3 Å². The molecule has 0 amide bonds. The molecule has 170 valence electrons. The normalized spacial score (nSPS) is 16.1. The Morgan fingerprint density at radius 3 is 2.38 bits per heavy atom. The molecule has 2 aromatic carbocycles. The lowest BCUT2D eigenvalue weighted by Crippen LogP contribution is -2.48. The van der Waals surface area contributed by atoms with Gasteiger partial charge in [0, 0.05) is 18.5 Å². The molecular formula is C24H28N2O5S. The van der Waals surface area contributed by atoms with Crippen LogP contribution in [0.1, 0.15) is 29.7 Å². The van der Waals surface area contributed by atoms with Crippen molar-refractivity contribution in [1.82, 2.24) is 5.32 Å². The summed E-state index contributed by atoms with van der Waals surface area (Å²) in [6.45, 7) is 6.28. The van der Waals surface area contributed by atoms with Gasteiger partial charge in [-0.15, -0.1) is 0 Å². The maximum absolute atomic E-state index is 13.2. The van der Waals surface area contributed by atoms with Gasteiger partial charge in [0.1, 0.15) is 6.61 Å². The molecule has 32 heavy (non-hydrogen) atoms. The van der Waals surface area contributed by atoms with E-state index in [1.807, 2.05) is 37.8 Å². The number of aryl methyl sites for hydroxylation is 2. The third-order valence-corrected chi connectivity index (χ3v) is 5.53. The predicted octanol–water partition coefficient (Wildman–Crippen LogP) is 3.92.